The molecular formula is C17H19F3N4O. The number of rotatable bonds is 7. The van der Waals surface area contributed by atoms with Crippen molar-refractivity contribution in [2.75, 3.05) is 11.9 Å². The van der Waals surface area contributed by atoms with Crippen molar-refractivity contribution < 1.29 is 13.2 Å². The monoisotopic (exact) mass is 352 g/mol. The number of hydrogen-bond donors (Lipinski definition) is 1. The van der Waals surface area contributed by atoms with E-state index in [1.54, 1.807) is 6.20 Å². The summed E-state index contributed by atoms with van der Waals surface area (Å²) in [6.07, 6.45) is 1.57. The normalized spacial score (nSPS) is 11.4. The van der Waals surface area contributed by atoms with Crippen LogP contribution in [0.2, 0.25) is 0 Å². The third-order valence-electron chi connectivity index (χ3n) is 3.55. The maximum Gasteiger partial charge on any atom is 0.416 e. The van der Waals surface area contributed by atoms with Crippen molar-refractivity contribution in [2.45, 2.75) is 32.5 Å². The van der Waals surface area contributed by atoms with E-state index in [4.69, 9.17) is 0 Å². The van der Waals surface area contributed by atoms with E-state index < -0.39 is 17.3 Å². The Morgan fingerprint density at radius 1 is 1.40 bits per heavy atom. The fraction of sp³-hybridized carbons (Fsp3) is 0.353. The summed E-state index contributed by atoms with van der Waals surface area (Å²) in [7, 11) is 0. The smallest absolute Gasteiger partial charge is 0.370 e. The summed E-state index contributed by atoms with van der Waals surface area (Å²) in [5.41, 5.74) is -1.08. The van der Waals surface area contributed by atoms with Gasteiger partial charge in [-0.15, -0.1) is 0 Å². The summed E-state index contributed by atoms with van der Waals surface area (Å²) in [6, 6.07) is 1.47. The van der Waals surface area contributed by atoms with Crippen LogP contribution in [0.3, 0.4) is 0 Å². The number of pyridine rings is 1. The summed E-state index contributed by atoms with van der Waals surface area (Å²) < 4.78 is 39.2. The Labute approximate surface area is 143 Å². The van der Waals surface area contributed by atoms with Gasteiger partial charge in [-0.05, 0) is 18.6 Å². The molecule has 0 fully saturated rings. The fourth-order valence-corrected chi connectivity index (χ4v) is 2.17. The van der Waals surface area contributed by atoms with Crippen LogP contribution in [-0.2, 0) is 12.7 Å². The molecule has 0 saturated heterocycles. The number of halogens is 3. The van der Waals surface area contributed by atoms with E-state index in [0.29, 0.717) is 29.8 Å². The molecule has 2 aromatic heterocycles. The maximum atomic E-state index is 12.7. The quantitative estimate of drug-likeness (QED) is 0.774. The van der Waals surface area contributed by atoms with Gasteiger partial charge in [0, 0.05) is 30.6 Å². The van der Waals surface area contributed by atoms with Crippen molar-refractivity contribution in [3.05, 3.63) is 58.4 Å². The van der Waals surface area contributed by atoms with E-state index >= 15 is 0 Å². The standard InChI is InChI=1S/C17H19F3N4O/c1-3-5-7-21-16-12(10-22-14(4-2)23-16)11-24-8-6-13(9-15(24)25)17(18,19)20/h4,6,8-10H,2-3,5,7,11H2,1H3,(H,21,22,23). The molecule has 134 valence electrons. The van der Waals surface area contributed by atoms with Crippen molar-refractivity contribution in [2.24, 2.45) is 0 Å². The molecule has 0 amide bonds. The Kier molecular flexibility index (Phi) is 5.95. The fourth-order valence-electron chi connectivity index (χ4n) is 2.17. The van der Waals surface area contributed by atoms with Crippen LogP contribution in [0.1, 0.15) is 36.7 Å². The molecule has 1 N–H and O–H groups in total. The van der Waals surface area contributed by atoms with Crippen LogP contribution in [0.4, 0.5) is 19.0 Å². The number of nitrogens with one attached hydrogen (secondary N) is 1. The summed E-state index contributed by atoms with van der Waals surface area (Å²) in [5.74, 6) is 0.979. The van der Waals surface area contributed by atoms with Crippen molar-refractivity contribution >= 4 is 11.9 Å². The second-order valence-electron chi connectivity index (χ2n) is 5.47. The van der Waals surface area contributed by atoms with E-state index in [2.05, 4.69) is 28.8 Å². The molecule has 0 spiro atoms. The third-order valence-corrected chi connectivity index (χ3v) is 3.55. The van der Waals surface area contributed by atoms with Gasteiger partial charge in [0.15, 0.2) is 5.82 Å². The van der Waals surface area contributed by atoms with E-state index in [-0.39, 0.29) is 6.54 Å². The first-order valence-corrected chi connectivity index (χ1v) is 7.85. The number of aromatic nitrogens is 3. The van der Waals surface area contributed by atoms with Gasteiger partial charge >= 0.3 is 6.18 Å². The summed E-state index contributed by atoms with van der Waals surface area (Å²) in [6.45, 7) is 6.44. The van der Waals surface area contributed by atoms with E-state index in [9.17, 15) is 18.0 Å². The van der Waals surface area contributed by atoms with Crippen molar-refractivity contribution in [1.29, 1.82) is 0 Å². The van der Waals surface area contributed by atoms with Crippen molar-refractivity contribution in [3.63, 3.8) is 0 Å². The molecular weight excluding hydrogens is 333 g/mol. The SMILES string of the molecule is C=Cc1ncc(Cn2ccc(C(F)(F)F)cc2=O)c(NCCCC)n1. The summed E-state index contributed by atoms with van der Waals surface area (Å²) in [4.78, 5) is 20.4. The molecule has 2 aromatic rings. The molecule has 0 bridgehead atoms. The number of nitrogens with zero attached hydrogens (tertiary/aromatic N) is 3. The molecule has 5 nitrogen and oxygen atoms in total. The number of hydrogen-bond acceptors (Lipinski definition) is 4. The molecule has 2 heterocycles. The van der Waals surface area contributed by atoms with Gasteiger partial charge in [-0.1, -0.05) is 19.9 Å². The zero-order valence-corrected chi connectivity index (χ0v) is 13.8. The molecule has 0 atom stereocenters. The molecule has 0 aliphatic heterocycles. The topological polar surface area (TPSA) is 59.8 Å². The minimum absolute atomic E-state index is 0.0723. The Morgan fingerprint density at radius 2 is 2.16 bits per heavy atom. The second kappa shape index (κ2) is 7.96. The minimum Gasteiger partial charge on any atom is -0.370 e. The van der Waals surface area contributed by atoms with Gasteiger partial charge in [0.05, 0.1) is 12.1 Å². The van der Waals surface area contributed by atoms with Crippen LogP contribution in [0.25, 0.3) is 6.08 Å². The average Bonchev–Trinajstić information content (AvgIpc) is 2.57. The van der Waals surface area contributed by atoms with E-state index in [1.807, 2.05) is 0 Å². The highest BCUT2D eigenvalue weighted by atomic mass is 19.4. The van der Waals surface area contributed by atoms with Gasteiger partial charge < -0.3 is 9.88 Å². The first-order chi connectivity index (χ1) is 11.8. The Hall–Kier alpha value is -2.64. The summed E-state index contributed by atoms with van der Waals surface area (Å²) in [5, 5.41) is 3.17. The predicted octanol–water partition coefficient (Wildman–Crippen LogP) is 3.56. The highest BCUT2D eigenvalue weighted by molar-refractivity contribution is 5.48. The number of alkyl halides is 3. The molecule has 0 radical (unpaired) electrons. The average molecular weight is 352 g/mol. The number of unbranched alkanes of at least 4 members (excludes halogenated alkanes) is 1. The lowest BCUT2D eigenvalue weighted by molar-refractivity contribution is -0.137. The molecule has 2 rings (SSSR count). The Bertz CT molecular complexity index is 799. The lowest BCUT2D eigenvalue weighted by Gasteiger charge is -2.13. The van der Waals surface area contributed by atoms with Gasteiger partial charge in [0.2, 0.25) is 0 Å². The third kappa shape index (κ3) is 4.91. The predicted molar refractivity (Wildman–Crippen MR) is 90.3 cm³/mol. The molecule has 0 aromatic carbocycles. The van der Waals surface area contributed by atoms with E-state index in [1.165, 1.54) is 10.6 Å². The lowest BCUT2D eigenvalue weighted by atomic mass is 10.2. The van der Waals surface area contributed by atoms with Gasteiger partial charge in [0.25, 0.3) is 5.56 Å². The van der Waals surface area contributed by atoms with E-state index in [0.717, 1.165) is 25.1 Å². The molecule has 0 aliphatic rings. The van der Waals surface area contributed by atoms with Gasteiger partial charge in [-0.3, -0.25) is 4.79 Å². The molecule has 8 heteroatoms. The van der Waals surface area contributed by atoms with Gasteiger partial charge in [-0.25, -0.2) is 9.97 Å². The first-order valence-electron chi connectivity index (χ1n) is 7.85. The largest absolute Gasteiger partial charge is 0.416 e. The van der Waals surface area contributed by atoms with Crippen molar-refractivity contribution in [3.8, 4) is 0 Å². The van der Waals surface area contributed by atoms with Crippen LogP contribution in [0.5, 0.6) is 0 Å². The van der Waals surface area contributed by atoms with Crippen LogP contribution in [0, 0.1) is 0 Å². The van der Waals surface area contributed by atoms with Gasteiger partial charge in [0.1, 0.15) is 5.82 Å². The van der Waals surface area contributed by atoms with Crippen LogP contribution in [-0.4, -0.2) is 21.1 Å². The maximum absolute atomic E-state index is 12.7. The Balaban J connectivity index is 2.30. The molecule has 0 aliphatic carbocycles. The van der Waals surface area contributed by atoms with Crippen LogP contribution in [0.15, 0.2) is 35.9 Å². The highest BCUT2D eigenvalue weighted by Gasteiger charge is 2.30. The zero-order valence-electron chi connectivity index (χ0n) is 13.8. The van der Waals surface area contributed by atoms with Crippen LogP contribution < -0.4 is 10.9 Å². The first kappa shape index (κ1) is 18.7. The number of anilines is 1. The van der Waals surface area contributed by atoms with Crippen molar-refractivity contribution in [1.82, 2.24) is 14.5 Å². The minimum atomic E-state index is -4.54. The second-order valence-corrected chi connectivity index (χ2v) is 5.47. The lowest BCUT2D eigenvalue weighted by Crippen LogP contribution is -2.23. The highest BCUT2D eigenvalue weighted by Crippen LogP contribution is 2.27. The molecule has 0 unspecified atom stereocenters. The van der Waals surface area contributed by atoms with Crippen LogP contribution >= 0.6 is 0 Å². The Morgan fingerprint density at radius 3 is 2.76 bits per heavy atom. The molecule has 0 saturated carbocycles. The zero-order chi connectivity index (χ0) is 18.4. The molecule has 25 heavy (non-hydrogen) atoms. The summed E-state index contributed by atoms with van der Waals surface area (Å²) >= 11 is 0. The van der Waals surface area contributed by atoms with Gasteiger partial charge in [-0.2, -0.15) is 13.2 Å².